The number of anilines is 2. The smallest absolute Gasteiger partial charge is 0.106 e. The summed E-state index contributed by atoms with van der Waals surface area (Å²) in [5.74, 6) is 0. The lowest BCUT2D eigenvalue weighted by atomic mass is 10.1. The number of nitrogens with zero attached hydrogens (tertiary/aromatic N) is 1. The molecule has 0 saturated heterocycles. The van der Waals surface area contributed by atoms with Crippen molar-refractivity contribution in [3.63, 3.8) is 0 Å². The molecule has 0 unspecified atom stereocenters. The highest BCUT2D eigenvalue weighted by Gasteiger charge is 2.07. The van der Waals surface area contributed by atoms with Gasteiger partial charge in [-0.3, -0.25) is 4.98 Å². The number of benzene rings is 1. The molecule has 92 valence electrons. The van der Waals surface area contributed by atoms with Crippen molar-refractivity contribution in [1.82, 2.24) is 4.98 Å². The van der Waals surface area contributed by atoms with E-state index >= 15 is 0 Å². The maximum absolute atomic E-state index is 5.73. The zero-order chi connectivity index (χ0) is 13.1. The van der Waals surface area contributed by atoms with E-state index in [1.165, 1.54) is 0 Å². The van der Waals surface area contributed by atoms with Crippen molar-refractivity contribution < 1.29 is 0 Å². The number of rotatable bonds is 3. The van der Waals surface area contributed by atoms with E-state index in [9.17, 15) is 0 Å². The summed E-state index contributed by atoms with van der Waals surface area (Å²) in [5.41, 5.74) is 9.47. The van der Waals surface area contributed by atoms with Gasteiger partial charge in [-0.15, -0.1) is 0 Å². The minimum Gasteiger partial charge on any atom is -0.389 e. The van der Waals surface area contributed by atoms with Crippen molar-refractivity contribution in [1.29, 1.82) is 0 Å². The molecule has 2 aromatic rings. The van der Waals surface area contributed by atoms with Crippen molar-refractivity contribution in [2.45, 2.75) is 6.92 Å². The first-order valence-electron chi connectivity index (χ1n) is 5.35. The van der Waals surface area contributed by atoms with E-state index in [4.69, 9.17) is 18.0 Å². The summed E-state index contributed by atoms with van der Waals surface area (Å²) in [4.78, 5) is 4.46. The van der Waals surface area contributed by atoms with Gasteiger partial charge in [0.2, 0.25) is 0 Å². The lowest BCUT2D eigenvalue weighted by molar-refractivity contribution is 1.28. The van der Waals surface area contributed by atoms with Crippen LogP contribution in [0.2, 0.25) is 0 Å². The third kappa shape index (κ3) is 2.86. The number of nitrogens with two attached hydrogens (primary N) is 1. The molecular formula is C13H12BrN3S. The number of aryl methyl sites for hydroxylation is 1. The van der Waals surface area contributed by atoms with E-state index in [1.54, 1.807) is 12.4 Å². The zero-order valence-corrected chi connectivity index (χ0v) is 12.2. The maximum atomic E-state index is 5.73. The van der Waals surface area contributed by atoms with Crippen LogP contribution < -0.4 is 11.1 Å². The third-order valence-electron chi connectivity index (χ3n) is 2.56. The van der Waals surface area contributed by atoms with Crippen LogP contribution in [0, 0.1) is 6.92 Å². The standard InChI is InChI=1S/C13H12BrN3S/c1-8-4-5-16-7-12(8)17-11-3-2-9(14)6-10(11)13(15)18/h2-7,17H,1H3,(H2,15,18). The highest BCUT2D eigenvalue weighted by Crippen LogP contribution is 2.25. The molecule has 1 heterocycles. The molecule has 0 aliphatic heterocycles. The molecule has 0 aliphatic rings. The van der Waals surface area contributed by atoms with Crippen LogP contribution in [0.15, 0.2) is 41.1 Å². The van der Waals surface area contributed by atoms with Crippen molar-refractivity contribution in [3.05, 3.63) is 52.3 Å². The second kappa shape index (κ2) is 5.46. The van der Waals surface area contributed by atoms with Gasteiger partial charge in [0.1, 0.15) is 4.99 Å². The molecule has 0 spiro atoms. The van der Waals surface area contributed by atoms with Gasteiger partial charge in [-0.2, -0.15) is 0 Å². The predicted octanol–water partition coefficient (Wildman–Crippen LogP) is 3.53. The van der Waals surface area contributed by atoms with Gasteiger partial charge >= 0.3 is 0 Å². The van der Waals surface area contributed by atoms with Gasteiger partial charge in [-0.05, 0) is 36.8 Å². The average Bonchev–Trinajstić information content (AvgIpc) is 2.34. The summed E-state index contributed by atoms with van der Waals surface area (Å²) in [6.45, 7) is 2.02. The van der Waals surface area contributed by atoms with Crippen LogP contribution in [0.1, 0.15) is 11.1 Å². The Morgan fingerprint density at radius 3 is 2.78 bits per heavy atom. The van der Waals surface area contributed by atoms with Crippen molar-refractivity contribution in [3.8, 4) is 0 Å². The van der Waals surface area contributed by atoms with Crippen LogP contribution >= 0.6 is 28.1 Å². The molecule has 0 saturated carbocycles. The molecule has 0 amide bonds. The Morgan fingerprint density at radius 2 is 2.11 bits per heavy atom. The van der Waals surface area contributed by atoms with Crippen LogP contribution in [-0.4, -0.2) is 9.97 Å². The molecule has 0 bridgehead atoms. The number of pyridine rings is 1. The summed E-state index contributed by atoms with van der Waals surface area (Å²) in [6.07, 6.45) is 3.54. The molecule has 18 heavy (non-hydrogen) atoms. The van der Waals surface area contributed by atoms with Gasteiger partial charge in [0.15, 0.2) is 0 Å². The van der Waals surface area contributed by atoms with Gasteiger partial charge in [0.05, 0.1) is 11.9 Å². The summed E-state index contributed by atoms with van der Waals surface area (Å²) in [5, 5.41) is 3.30. The fourth-order valence-electron chi connectivity index (χ4n) is 1.57. The van der Waals surface area contributed by atoms with Gasteiger partial charge in [0.25, 0.3) is 0 Å². The number of thiocarbonyl (C=S) groups is 1. The lowest BCUT2D eigenvalue weighted by Gasteiger charge is -2.13. The van der Waals surface area contributed by atoms with Crippen LogP contribution in [0.25, 0.3) is 0 Å². The quantitative estimate of drug-likeness (QED) is 0.849. The number of hydrogen-bond acceptors (Lipinski definition) is 3. The summed E-state index contributed by atoms with van der Waals surface area (Å²) >= 11 is 8.47. The summed E-state index contributed by atoms with van der Waals surface area (Å²) in [7, 11) is 0. The molecule has 1 aromatic carbocycles. The normalized spacial score (nSPS) is 10.1. The maximum Gasteiger partial charge on any atom is 0.106 e. The summed E-state index contributed by atoms with van der Waals surface area (Å²) in [6, 6.07) is 7.72. The first-order chi connectivity index (χ1) is 8.58. The third-order valence-corrected chi connectivity index (χ3v) is 3.27. The largest absolute Gasteiger partial charge is 0.389 e. The van der Waals surface area contributed by atoms with E-state index in [2.05, 4.69) is 26.2 Å². The van der Waals surface area contributed by atoms with Gasteiger partial charge in [0, 0.05) is 21.9 Å². The second-order valence-corrected chi connectivity index (χ2v) is 5.23. The Morgan fingerprint density at radius 1 is 1.33 bits per heavy atom. The Balaban J connectivity index is 2.41. The number of aromatic nitrogens is 1. The van der Waals surface area contributed by atoms with Gasteiger partial charge < -0.3 is 11.1 Å². The van der Waals surface area contributed by atoms with E-state index in [0.29, 0.717) is 4.99 Å². The molecule has 0 aliphatic carbocycles. The minimum atomic E-state index is 0.361. The van der Waals surface area contributed by atoms with E-state index in [1.807, 2.05) is 31.2 Å². The van der Waals surface area contributed by atoms with Gasteiger partial charge in [-0.25, -0.2) is 0 Å². The topological polar surface area (TPSA) is 50.9 Å². The van der Waals surface area contributed by atoms with Crippen LogP contribution in [0.3, 0.4) is 0 Å². The van der Waals surface area contributed by atoms with Crippen LogP contribution in [0.5, 0.6) is 0 Å². The Hall–Kier alpha value is -1.46. The van der Waals surface area contributed by atoms with Crippen molar-refractivity contribution in [2.75, 3.05) is 5.32 Å². The molecular weight excluding hydrogens is 310 g/mol. The fraction of sp³-hybridized carbons (Fsp3) is 0.0769. The van der Waals surface area contributed by atoms with Crippen molar-refractivity contribution >= 4 is 44.5 Å². The fourth-order valence-corrected chi connectivity index (χ4v) is 2.10. The Labute approximate surface area is 120 Å². The predicted molar refractivity (Wildman–Crippen MR) is 82.3 cm³/mol. The zero-order valence-electron chi connectivity index (χ0n) is 9.77. The molecule has 0 atom stereocenters. The molecule has 3 nitrogen and oxygen atoms in total. The van der Waals surface area contributed by atoms with E-state index in [0.717, 1.165) is 27.0 Å². The summed E-state index contributed by atoms with van der Waals surface area (Å²) < 4.78 is 0.943. The van der Waals surface area contributed by atoms with Gasteiger partial charge in [-0.1, -0.05) is 28.1 Å². The number of nitrogens with one attached hydrogen (secondary N) is 1. The lowest BCUT2D eigenvalue weighted by Crippen LogP contribution is -2.12. The van der Waals surface area contributed by atoms with Crippen LogP contribution in [0.4, 0.5) is 11.4 Å². The number of hydrogen-bond donors (Lipinski definition) is 2. The SMILES string of the molecule is Cc1ccncc1Nc1ccc(Br)cc1C(N)=S. The minimum absolute atomic E-state index is 0.361. The first kappa shape index (κ1) is 13.0. The average molecular weight is 322 g/mol. The second-order valence-electron chi connectivity index (χ2n) is 3.87. The van der Waals surface area contributed by atoms with Crippen LogP contribution in [-0.2, 0) is 0 Å². The highest BCUT2D eigenvalue weighted by molar-refractivity contribution is 9.10. The monoisotopic (exact) mass is 321 g/mol. The molecule has 1 aromatic heterocycles. The highest BCUT2D eigenvalue weighted by atomic mass is 79.9. The molecule has 0 radical (unpaired) electrons. The Bertz CT molecular complexity index is 599. The first-order valence-corrected chi connectivity index (χ1v) is 6.55. The molecule has 0 fully saturated rings. The molecule has 3 N–H and O–H groups in total. The van der Waals surface area contributed by atoms with E-state index in [-0.39, 0.29) is 0 Å². The number of halogens is 1. The van der Waals surface area contributed by atoms with Crippen molar-refractivity contribution in [2.24, 2.45) is 5.73 Å². The molecule has 5 heteroatoms. The van der Waals surface area contributed by atoms with E-state index < -0.39 is 0 Å². The Kier molecular flexibility index (Phi) is 3.93. The molecule has 2 rings (SSSR count).